The molecule has 0 radical (unpaired) electrons. The first-order valence-electron chi connectivity index (χ1n) is 8.88. The van der Waals surface area contributed by atoms with Gasteiger partial charge in [-0.25, -0.2) is 4.79 Å². The number of nitrogens with one attached hydrogen (secondary N) is 1. The van der Waals surface area contributed by atoms with E-state index in [4.69, 9.17) is 10.5 Å². The van der Waals surface area contributed by atoms with Gasteiger partial charge in [0.2, 0.25) is 0 Å². The maximum absolute atomic E-state index is 12.5. The molecule has 1 aromatic carbocycles. The minimum absolute atomic E-state index is 0.0394. The number of aryl methyl sites for hydroxylation is 1. The summed E-state index contributed by atoms with van der Waals surface area (Å²) in [4.78, 5) is 21.1. The Labute approximate surface area is 168 Å². The summed E-state index contributed by atoms with van der Waals surface area (Å²) in [5, 5.41) is 16.7. The number of hydrogen-bond acceptors (Lipinski definition) is 8. The largest absolute Gasteiger partial charge is 0.456 e. The van der Waals surface area contributed by atoms with Crippen LogP contribution in [0, 0.1) is 18.3 Å². The summed E-state index contributed by atoms with van der Waals surface area (Å²) < 4.78 is 6.63. The van der Waals surface area contributed by atoms with Crippen molar-refractivity contribution in [2.75, 3.05) is 11.1 Å². The fraction of sp³-hybridized carbons (Fsp3) is 0.250. The van der Waals surface area contributed by atoms with Gasteiger partial charge in [-0.2, -0.15) is 25.0 Å². The minimum atomic E-state index is -0.679. The molecule has 148 valence electrons. The summed E-state index contributed by atoms with van der Waals surface area (Å²) in [5.74, 6) is -0.0858. The second kappa shape index (κ2) is 7.59. The number of benzene rings is 1. The van der Waals surface area contributed by atoms with Crippen LogP contribution in [-0.2, 0) is 4.74 Å². The van der Waals surface area contributed by atoms with E-state index in [1.165, 1.54) is 10.7 Å². The van der Waals surface area contributed by atoms with Crippen molar-refractivity contribution in [3.05, 3.63) is 53.3 Å². The second-order valence-electron chi connectivity index (χ2n) is 7.30. The van der Waals surface area contributed by atoms with Crippen LogP contribution in [0.4, 0.5) is 17.3 Å². The zero-order valence-corrected chi connectivity index (χ0v) is 16.6. The lowest BCUT2D eigenvalue weighted by molar-refractivity contribution is 0.00700. The number of carbonyl (C=O) groups is 1. The van der Waals surface area contributed by atoms with E-state index in [2.05, 4.69) is 20.4 Å². The van der Waals surface area contributed by atoms with Gasteiger partial charge in [-0.05, 0) is 39.8 Å². The molecule has 0 bridgehead atoms. The van der Waals surface area contributed by atoms with Gasteiger partial charge in [0.15, 0.2) is 0 Å². The van der Waals surface area contributed by atoms with E-state index in [0.717, 1.165) is 5.69 Å². The highest BCUT2D eigenvalue weighted by molar-refractivity contribution is 5.96. The number of nitrogens with two attached hydrogens (primary N) is 1. The molecule has 0 aliphatic heterocycles. The van der Waals surface area contributed by atoms with Crippen LogP contribution in [0.1, 0.15) is 42.5 Å². The van der Waals surface area contributed by atoms with Crippen molar-refractivity contribution in [2.45, 2.75) is 33.3 Å². The molecule has 0 saturated carbocycles. The molecule has 2 heterocycles. The third-order valence-electron chi connectivity index (χ3n) is 3.76. The number of carbonyl (C=O) groups excluding carboxylic acids is 1. The molecule has 3 aromatic rings. The van der Waals surface area contributed by atoms with Crippen molar-refractivity contribution in [1.29, 1.82) is 5.26 Å². The lowest BCUT2D eigenvalue weighted by Crippen LogP contribution is -2.24. The van der Waals surface area contributed by atoms with Gasteiger partial charge in [0, 0.05) is 11.8 Å². The highest BCUT2D eigenvalue weighted by Crippen LogP contribution is 2.24. The minimum Gasteiger partial charge on any atom is -0.456 e. The SMILES string of the molecule is Cc1nn(-c2nc(C#N)cc(Nc3ccccc3)n2)c(N)c1C(=O)OC(C)(C)C. The number of nitrogen functional groups attached to an aromatic ring is 1. The molecule has 0 spiro atoms. The van der Waals surface area contributed by atoms with Crippen LogP contribution in [0.2, 0.25) is 0 Å². The van der Waals surface area contributed by atoms with Gasteiger partial charge >= 0.3 is 5.97 Å². The summed E-state index contributed by atoms with van der Waals surface area (Å²) in [6, 6.07) is 12.9. The number of rotatable bonds is 4. The summed E-state index contributed by atoms with van der Waals surface area (Å²) in [6.45, 7) is 6.94. The lowest BCUT2D eigenvalue weighted by Gasteiger charge is -2.19. The number of esters is 1. The van der Waals surface area contributed by atoms with Crippen molar-refractivity contribution in [2.24, 2.45) is 0 Å². The number of aromatic nitrogens is 4. The van der Waals surface area contributed by atoms with Crippen LogP contribution in [0.15, 0.2) is 36.4 Å². The van der Waals surface area contributed by atoms with Crippen LogP contribution in [0.5, 0.6) is 0 Å². The van der Waals surface area contributed by atoms with E-state index in [1.54, 1.807) is 27.7 Å². The topological polar surface area (TPSA) is 132 Å². The van der Waals surface area contributed by atoms with Crippen molar-refractivity contribution in [3.63, 3.8) is 0 Å². The maximum Gasteiger partial charge on any atom is 0.344 e. The molecular formula is C20H21N7O2. The molecule has 0 unspecified atom stereocenters. The summed E-state index contributed by atoms with van der Waals surface area (Å²) in [5.41, 5.74) is 6.92. The van der Waals surface area contributed by atoms with Crippen molar-refractivity contribution >= 4 is 23.3 Å². The number of nitriles is 1. The van der Waals surface area contributed by atoms with Gasteiger partial charge in [-0.1, -0.05) is 18.2 Å². The molecule has 0 aliphatic carbocycles. The summed E-state index contributed by atoms with van der Waals surface area (Å²) in [6.07, 6.45) is 0. The highest BCUT2D eigenvalue weighted by Gasteiger charge is 2.26. The maximum atomic E-state index is 12.5. The number of para-hydroxylation sites is 1. The number of nitrogens with zero attached hydrogens (tertiary/aromatic N) is 5. The summed E-state index contributed by atoms with van der Waals surface area (Å²) >= 11 is 0. The van der Waals surface area contributed by atoms with Gasteiger partial charge in [0.05, 0.1) is 5.69 Å². The Morgan fingerprint density at radius 1 is 1.24 bits per heavy atom. The number of hydrogen-bond donors (Lipinski definition) is 2. The van der Waals surface area contributed by atoms with E-state index >= 15 is 0 Å². The smallest absolute Gasteiger partial charge is 0.344 e. The van der Waals surface area contributed by atoms with Crippen LogP contribution in [0.25, 0.3) is 5.95 Å². The van der Waals surface area contributed by atoms with Gasteiger partial charge < -0.3 is 15.8 Å². The zero-order chi connectivity index (χ0) is 21.2. The molecular weight excluding hydrogens is 370 g/mol. The molecule has 3 rings (SSSR count). The summed E-state index contributed by atoms with van der Waals surface area (Å²) in [7, 11) is 0. The van der Waals surface area contributed by atoms with E-state index in [-0.39, 0.29) is 23.0 Å². The molecule has 3 N–H and O–H groups in total. The van der Waals surface area contributed by atoms with Gasteiger partial charge in [0.25, 0.3) is 5.95 Å². The normalized spacial score (nSPS) is 11.0. The molecule has 0 amide bonds. The monoisotopic (exact) mass is 391 g/mol. The lowest BCUT2D eigenvalue weighted by atomic mass is 10.2. The second-order valence-corrected chi connectivity index (χ2v) is 7.30. The predicted molar refractivity (Wildman–Crippen MR) is 108 cm³/mol. The van der Waals surface area contributed by atoms with Gasteiger partial charge in [-0.3, -0.25) is 0 Å². The molecule has 0 saturated heterocycles. The van der Waals surface area contributed by atoms with Crippen molar-refractivity contribution < 1.29 is 9.53 Å². The van der Waals surface area contributed by atoms with Crippen LogP contribution < -0.4 is 11.1 Å². The molecule has 9 nitrogen and oxygen atoms in total. The first-order chi connectivity index (χ1) is 13.7. The first-order valence-corrected chi connectivity index (χ1v) is 8.88. The van der Waals surface area contributed by atoms with Crippen LogP contribution >= 0.6 is 0 Å². The molecule has 9 heteroatoms. The Morgan fingerprint density at radius 3 is 2.55 bits per heavy atom. The average molecular weight is 391 g/mol. The Morgan fingerprint density at radius 2 is 1.93 bits per heavy atom. The molecule has 0 fully saturated rings. The molecule has 29 heavy (non-hydrogen) atoms. The van der Waals surface area contributed by atoms with E-state index in [1.807, 2.05) is 36.4 Å². The zero-order valence-electron chi connectivity index (χ0n) is 16.6. The first kappa shape index (κ1) is 19.8. The van der Waals surface area contributed by atoms with Crippen LogP contribution in [-0.4, -0.2) is 31.3 Å². The van der Waals surface area contributed by atoms with E-state index in [0.29, 0.717) is 11.5 Å². The highest BCUT2D eigenvalue weighted by atomic mass is 16.6. The average Bonchev–Trinajstić information content (AvgIpc) is 2.95. The molecule has 2 aromatic heterocycles. The van der Waals surface area contributed by atoms with Gasteiger partial charge in [-0.15, -0.1) is 0 Å². The Balaban J connectivity index is 2.03. The van der Waals surface area contributed by atoms with Gasteiger partial charge in [0.1, 0.15) is 34.6 Å². The standard InChI is InChI=1S/C20H21N7O2/c1-12-16(18(28)29-20(2,3)4)17(22)27(26-12)19-24-14(11-21)10-15(25-19)23-13-8-6-5-7-9-13/h5-10H,22H2,1-4H3,(H,23,24,25). The Hall–Kier alpha value is -3.93. The Bertz CT molecular complexity index is 1090. The fourth-order valence-corrected chi connectivity index (χ4v) is 2.60. The fourth-order valence-electron chi connectivity index (χ4n) is 2.60. The molecule has 0 atom stereocenters. The quantitative estimate of drug-likeness (QED) is 0.648. The van der Waals surface area contributed by atoms with E-state index < -0.39 is 11.6 Å². The third-order valence-corrected chi connectivity index (χ3v) is 3.76. The number of anilines is 3. The third kappa shape index (κ3) is 4.50. The van der Waals surface area contributed by atoms with E-state index in [9.17, 15) is 10.1 Å². The van der Waals surface area contributed by atoms with Crippen molar-refractivity contribution in [3.8, 4) is 12.0 Å². The van der Waals surface area contributed by atoms with Crippen molar-refractivity contribution in [1.82, 2.24) is 19.7 Å². The number of ether oxygens (including phenoxy) is 1. The predicted octanol–water partition coefficient (Wildman–Crippen LogP) is 3.12. The Kier molecular flexibility index (Phi) is 5.19. The molecule has 0 aliphatic rings. The van der Waals surface area contributed by atoms with Crippen LogP contribution in [0.3, 0.4) is 0 Å².